The van der Waals surface area contributed by atoms with Gasteiger partial charge in [-0.3, -0.25) is 4.79 Å². The molecule has 0 radical (unpaired) electrons. The number of aromatic nitrogens is 1. The van der Waals surface area contributed by atoms with Gasteiger partial charge in [-0.2, -0.15) is 0 Å². The molecule has 0 fully saturated rings. The smallest absolute Gasteiger partial charge is 0.305 e. The van der Waals surface area contributed by atoms with Crippen LogP contribution in [0.15, 0.2) is 30.3 Å². The van der Waals surface area contributed by atoms with Crippen LogP contribution in [0.25, 0.3) is 11.3 Å². The third-order valence-corrected chi connectivity index (χ3v) is 3.70. The molecule has 0 spiro atoms. The number of benzene rings is 1. The van der Waals surface area contributed by atoms with Gasteiger partial charge in [-0.15, -0.1) is 0 Å². The van der Waals surface area contributed by atoms with E-state index >= 15 is 0 Å². The zero-order valence-corrected chi connectivity index (χ0v) is 16.3. The molecule has 0 amide bonds. The van der Waals surface area contributed by atoms with Crippen LogP contribution in [0.5, 0.6) is 11.6 Å². The number of ether oxygens (including phenoxy) is 3. The lowest BCUT2D eigenvalue weighted by Crippen LogP contribution is -2.07. The minimum Gasteiger partial charge on any atom is -0.488 e. The van der Waals surface area contributed by atoms with Gasteiger partial charge in [0.25, 0.3) is 0 Å². The Morgan fingerprint density at radius 1 is 1.14 bits per heavy atom. The fourth-order valence-corrected chi connectivity index (χ4v) is 2.51. The molecule has 0 saturated carbocycles. The van der Waals surface area contributed by atoms with Crippen LogP contribution in [0, 0.1) is 11.6 Å². The van der Waals surface area contributed by atoms with Gasteiger partial charge in [-0.05, 0) is 51.8 Å². The van der Waals surface area contributed by atoms with Gasteiger partial charge in [-0.25, -0.2) is 13.8 Å². The molecule has 0 aliphatic carbocycles. The van der Waals surface area contributed by atoms with E-state index in [-0.39, 0.29) is 25.1 Å². The molecule has 0 aliphatic rings. The molecule has 1 aromatic heterocycles. The lowest BCUT2D eigenvalue weighted by Gasteiger charge is -2.12. The van der Waals surface area contributed by atoms with Crippen LogP contribution in [0.2, 0.25) is 0 Å². The van der Waals surface area contributed by atoms with Crippen molar-refractivity contribution in [1.82, 2.24) is 4.98 Å². The van der Waals surface area contributed by atoms with Gasteiger partial charge in [0.15, 0.2) is 17.4 Å². The molecule has 1 aromatic carbocycles. The standard InChI is InChI=1S/C21H25F2NO4/c1-4-26-20(25)10-5-6-11-27-21-16(22)12-15(13-17(21)23)18-8-7-9-19(24-18)28-14(2)3/h7-9,12-14H,4-6,10-11H2,1-3H3. The van der Waals surface area contributed by atoms with Crippen LogP contribution >= 0.6 is 0 Å². The van der Waals surface area contributed by atoms with E-state index in [1.54, 1.807) is 25.1 Å². The minimum atomic E-state index is -0.808. The lowest BCUT2D eigenvalue weighted by molar-refractivity contribution is -0.143. The summed E-state index contributed by atoms with van der Waals surface area (Å²) in [6.07, 6.45) is 1.19. The molecular formula is C21H25F2NO4. The maximum absolute atomic E-state index is 14.3. The van der Waals surface area contributed by atoms with Crippen molar-refractivity contribution in [3.05, 3.63) is 42.0 Å². The second-order valence-corrected chi connectivity index (χ2v) is 6.41. The Labute approximate surface area is 163 Å². The minimum absolute atomic E-state index is 0.0594. The Kier molecular flexibility index (Phi) is 8.17. The highest BCUT2D eigenvalue weighted by Crippen LogP contribution is 2.29. The Bertz CT molecular complexity index is 773. The summed E-state index contributed by atoms with van der Waals surface area (Å²) >= 11 is 0. The molecule has 0 aliphatic heterocycles. The molecule has 0 atom stereocenters. The largest absolute Gasteiger partial charge is 0.488 e. The number of carbonyl (C=O) groups excluding carboxylic acids is 1. The molecule has 0 saturated heterocycles. The number of pyridine rings is 1. The van der Waals surface area contributed by atoms with Gasteiger partial charge >= 0.3 is 5.97 Å². The summed E-state index contributed by atoms with van der Waals surface area (Å²) in [7, 11) is 0. The van der Waals surface area contributed by atoms with E-state index in [4.69, 9.17) is 14.2 Å². The maximum atomic E-state index is 14.3. The van der Waals surface area contributed by atoms with Crippen LogP contribution < -0.4 is 9.47 Å². The van der Waals surface area contributed by atoms with Crippen molar-refractivity contribution in [3.63, 3.8) is 0 Å². The van der Waals surface area contributed by atoms with Crippen molar-refractivity contribution in [1.29, 1.82) is 0 Å². The molecule has 0 N–H and O–H groups in total. The quantitative estimate of drug-likeness (QED) is 0.423. The highest BCUT2D eigenvalue weighted by atomic mass is 19.1. The number of halogens is 2. The molecule has 5 nitrogen and oxygen atoms in total. The van der Waals surface area contributed by atoms with E-state index in [0.29, 0.717) is 36.6 Å². The van der Waals surface area contributed by atoms with E-state index < -0.39 is 17.4 Å². The number of rotatable bonds is 10. The predicted octanol–water partition coefficient (Wildman–Crippen LogP) is 4.93. The summed E-state index contributed by atoms with van der Waals surface area (Å²) in [5.41, 5.74) is 0.691. The molecular weight excluding hydrogens is 368 g/mol. The van der Waals surface area contributed by atoms with Gasteiger partial charge in [0.05, 0.1) is 25.0 Å². The van der Waals surface area contributed by atoms with Crippen molar-refractivity contribution in [2.75, 3.05) is 13.2 Å². The van der Waals surface area contributed by atoms with Crippen molar-refractivity contribution in [2.45, 2.75) is 46.1 Å². The second-order valence-electron chi connectivity index (χ2n) is 6.41. The zero-order valence-electron chi connectivity index (χ0n) is 16.3. The van der Waals surface area contributed by atoms with Gasteiger partial charge in [0.2, 0.25) is 5.88 Å². The monoisotopic (exact) mass is 393 g/mol. The topological polar surface area (TPSA) is 57.7 Å². The van der Waals surface area contributed by atoms with Crippen LogP contribution in [-0.4, -0.2) is 30.3 Å². The molecule has 152 valence electrons. The normalized spacial score (nSPS) is 10.8. The molecule has 7 heteroatoms. The number of hydrogen-bond acceptors (Lipinski definition) is 5. The third kappa shape index (κ3) is 6.48. The number of unbranched alkanes of at least 4 members (excludes halogenated alkanes) is 1. The highest BCUT2D eigenvalue weighted by molar-refractivity contribution is 5.69. The summed E-state index contributed by atoms with van der Waals surface area (Å²) in [5.74, 6) is -1.96. The summed E-state index contributed by atoms with van der Waals surface area (Å²) < 4.78 is 44.3. The third-order valence-electron chi connectivity index (χ3n) is 3.70. The number of esters is 1. The van der Waals surface area contributed by atoms with Crippen LogP contribution in [0.4, 0.5) is 8.78 Å². The van der Waals surface area contributed by atoms with Crippen LogP contribution in [-0.2, 0) is 9.53 Å². The van der Waals surface area contributed by atoms with Gasteiger partial charge in [0.1, 0.15) is 0 Å². The number of hydrogen-bond donors (Lipinski definition) is 0. The Morgan fingerprint density at radius 2 is 1.86 bits per heavy atom. The van der Waals surface area contributed by atoms with Crippen LogP contribution in [0.1, 0.15) is 40.0 Å². The highest BCUT2D eigenvalue weighted by Gasteiger charge is 2.15. The molecule has 28 heavy (non-hydrogen) atoms. The first-order chi connectivity index (χ1) is 13.4. The summed E-state index contributed by atoms with van der Waals surface area (Å²) in [5, 5.41) is 0. The average molecular weight is 393 g/mol. The van der Waals surface area contributed by atoms with Crippen molar-refractivity contribution < 1.29 is 27.8 Å². The Morgan fingerprint density at radius 3 is 2.50 bits per heavy atom. The first-order valence-corrected chi connectivity index (χ1v) is 9.32. The van der Waals surface area contributed by atoms with E-state index in [2.05, 4.69) is 4.98 Å². The van der Waals surface area contributed by atoms with Gasteiger partial charge < -0.3 is 14.2 Å². The average Bonchev–Trinajstić information content (AvgIpc) is 2.63. The molecule has 0 unspecified atom stereocenters. The second kappa shape index (κ2) is 10.6. The van der Waals surface area contributed by atoms with Gasteiger partial charge in [0, 0.05) is 18.1 Å². The van der Waals surface area contributed by atoms with Crippen LogP contribution in [0.3, 0.4) is 0 Å². The summed E-state index contributed by atoms with van der Waals surface area (Å²) in [6, 6.07) is 7.40. The summed E-state index contributed by atoms with van der Waals surface area (Å²) in [4.78, 5) is 15.5. The Balaban J connectivity index is 2.00. The summed E-state index contributed by atoms with van der Waals surface area (Å²) in [6.45, 7) is 5.90. The van der Waals surface area contributed by atoms with Crippen molar-refractivity contribution in [2.24, 2.45) is 0 Å². The first-order valence-electron chi connectivity index (χ1n) is 9.32. The SMILES string of the molecule is CCOC(=O)CCCCOc1c(F)cc(-c2cccc(OC(C)C)n2)cc1F. The Hall–Kier alpha value is -2.70. The van der Waals surface area contributed by atoms with Crippen molar-refractivity contribution >= 4 is 5.97 Å². The number of nitrogens with zero attached hydrogens (tertiary/aromatic N) is 1. The molecule has 1 heterocycles. The first kappa shape index (κ1) is 21.6. The van der Waals surface area contributed by atoms with E-state index in [1.165, 1.54) is 12.1 Å². The molecule has 0 bridgehead atoms. The van der Waals surface area contributed by atoms with E-state index in [0.717, 1.165) is 0 Å². The van der Waals surface area contributed by atoms with E-state index in [9.17, 15) is 13.6 Å². The molecule has 2 rings (SSSR count). The maximum Gasteiger partial charge on any atom is 0.305 e. The zero-order chi connectivity index (χ0) is 20.5. The fraction of sp³-hybridized carbons (Fsp3) is 0.429. The van der Waals surface area contributed by atoms with E-state index in [1.807, 2.05) is 13.8 Å². The molecule has 2 aromatic rings. The van der Waals surface area contributed by atoms with Crippen molar-refractivity contribution in [3.8, 4) is 22.9 Å². The predicted molar refractivity (Wildman–Crippen MR) is 101 cm³/mol. The number of carbonyl (C=O) groups is 1. The lowest BCUT2D eigenvalue weighted by atomic mass is 10.1. The fourth-order valence-electron chi connectivity index (χ4n) is 2.51. The van der Waals surface area contributed by atoms with Gasteiger partial charge in [-0.1, -0.05) is 6.07 Å².